The van der Waals surface area contributed by atoms with Gasteiger partial charge < -0.3 is 14.9 Å². The van der Waals surface area contributed by atoms with Gasteiger partial charge in [-0.15, -0.1) is 0 Å². The van der Waals surface area contributed by atoms with Crippen molar-refractivity contribution in [1.29, 1.82) is 0 Å². The van der Waals surface area contributed by atoms with E-state index in [-0.39, 0.29) is 18.2 Å². The van der Waals surface area contributed by atoms with Crippen molar-refractivity contribution < 1.29 is 14.7 Å². The van der Waals surface area contributed by atoms with Crippen molar-refractivity contribution in [2.45, 2.75) is 38.1 Å². The van der Waals surface area contributed by atoms with Gasteiger partial charge >= 0.3 is 5.97 Å². The Morgan fingerprint density at radius 1 is 1.18 bits per heavy atom. The Bertz CT molecular complexity index is 646. The van der Waals surface area contributed by atoms with Crippen molar-refractivity contribution in [2.75, 3.05) is 46.3 Å². The van der Waals surface area contributed by atoms with Crippen LogP contribution < -0.4 is 0 Å². The van der Waals surface area contributed by atoms with E-state index in [2.05, 4.69) is 21.8 Å². The molecule has 0 radical (unpaired) electrons. The summed E-state index contributed by atoms with van der Waals surface area (Å²) in [4.78, 5) is 34.8. The van der Waals surface area contributed by atoms with E-state index in [1.54, 1.807) is 6.20 Å². The number of piperazine rings is 1. The fourth-order valence-corrected chi connectivity index (χ4v) is 4.43. The van der Waals surface area contributed by atoms with Crippen LogP contribution in [-0.2, 0) is 16.0 Å². The molecule has 0 unspecified atom stereocenters. The van der Waals surface area contributed by atoms with Crippen LogP contribution in [0.25, 0.3) is 0 Å². The van der Waals surface area contributed by atoms with Crippen molar-refractivity contribution in [2.24, 2.45) is 5.92 Å². The molecule has 3 heterocycles. The number of piperidine rings is 1. The van der Waals surface area contributed by atoms with Crippen LogP contribution in [0.4, 0.5) is 0 Å². The van der Waals surface area contributed by atoms with Gasteiger partial charge in [0.15, 0.2) is 0 Å². The Balaban J connectivity index is 1.57. The highest BCUT2D eigenvalue weighted by molar-refractivity contribution is 5.76. The van der Waals surface area contributed by atoms with E-state index in [4.69, 9.17) is 5.11 Å². The van der Waals surface area contributed by atoms with Crippen LogP contribution in [-0.4, -0.2) is 89.0 Å². The quantitative estimate of drug-likeness (QED) is 0.760. The standard InChI is InChI=1S/C21H32N4O3/c1-23-11-13-24(14-12-23)19-8-10-25(16-18(19)5-7-21(27)28)20(26)6-4-17-3-2-9-22-15-17/h2-3,9,15,18-19H,4-8,10-14,16H2,1H3,(H,27,28)/t18-,19+/m1/s1. The van der Waals surface area contributed by atoms with E-state index in [0.29, 0.717) is 31.8 Å². The van der Waals surface area contributed by atoms with Crippen molar-refractivity contribution >= 4 is 11.9 Å². The molecule has 0 aliphatic carbocycles. The van der Waals surface area contributed by atoms with Gasteiger partial charge in [0.1, 0.15) is 0 Å². The average molecular weight is 389 g/mol. The molecule has 28 heavy (non-hydrogen) atoms. The molecule has 3 rings (SSSR count). The predicted molar refractivity (Wildman–Crippen MR) is 107 cm³/mol. The number of aliphatic carboxylic acids is 1. The van der Waals surface area contributed by atoms with Crippen molar-refractivity contribution in [3.05, 3.63) is 30.1 Å². The first-order valence-electron chi connectivity index (χ1n) is 10.3. The Labute approximate surface area is 167 Å². The summed E-state index contributed by atoms with van der Waals surface area (Å²) in [6, 6.07) is 4.27. The molecule has 1 N–H and O–H groups in total. The minimum Gasteiger partial charge on any atom is -0.481 e. The second-order valence-corrected chi connectivity index (χ2v) is 8.09. The van der Waals surface area contributed by atoms with E-state index < -0.39 is 5.97 Å². The minimum absolute atomic E-state index is 0.168. The molecule has 7 nitrogen and oxygen atoms in total. The summed E-state index contributed by atoms with van der Waals surface area (Å²) in [7, 11) is 2.14. The fourth-order valence-electron chi connectivity index (χ4n) is 4.43. The lowest BCUT2D eigenvalue weighted by molar-refractivity contribution is -0.138. The summed E-state index contributed by atoms with van der Waals surface area (Å²) in [5.41, 5.74) is 1.07. The number of amides is 1. The molecule has 1 amide bonds. The molecule has 2 fully saturated rings. The van der Waals surface area contributed by atoms with Gasteiger partial charge in [0.2, 0.25) is 5.91 Å². The second kappa shape index (κ2) is 9.98. The SMILES string of the molecule is CN1CCN([C@H]2CCN(C(=O)CCc3cccnc3)C[C@H]2CCC(=O)O)CC1. The van der Waals surface area contributed by atoms with Gasteiger partial charge in [-0.2, -0.15) is 0 Å². The van der Waals surface area contributed by atoms with Crippen LogP contribution in [0.2, 0.25) is 0 Å². The third-order valence-electron chi connectivity index (χ3n) is 6.13. The van der Waals surface area contributed by atoms with E-state index >= 15 is 0 Å². The number of aromatic nitrogens is 1. The van der Waals surface area contributed by atoms with Crippen molar-refractivity contribution in [1.82, 2.24) is 19.7 Å². The molecule has 1 aromatic heterocycles. The number of likely N-dealkylation sites (tertiary alicyclic amines) is 1. The first kappa shape index (κ1) is 20.7. The molecular formula is C21H32N4O3. The molecule has 2 aliphatic heterocycles. The van der Waals surface area contributed by atoms with Gasteiger partial charge in [-0.3, -0.25) is 19.5 Å². The highest BCUT2D eigenvalue weighted by Gasteiger charge is 2.35. The second-order valence-electron chi connectivity index (χ2n) is 8.09. The van der Waals surface area contributed by atoms with Gasteiger partial charge in [-0.05, 0) is 43.9 Å². The van der Waals surface area contributed by atoms with Gasteiger partial charge in [-0.25, -0.2) is 0 Å². The zero-order valence-corrected chi connectivity index (χ0v) is 16.8. The number of carboxylic acid groups (broad SMARTS) is 1. The zero-order valence-electron chi connectivity index (χ0n) is 16.8. The number of nitrogens with zero attached hydrogens (tertiary/aromatic N) is 4. The lowest BCUT2D eigenvalue weighted by atomic mass is 9.86. The molecule has 2 aliphatic rings. The number of hydrogen-bond acceptors (Lipinski definition) is 5. The number of likely N-dealkylation sites (N-methyl/N-ethyl adjacent to an activating group) is 1. The molecule has 1 aromatic rings. The van der Waals surface area contributed by atoms with Gasteiger partial charge in [-0.1, -0.05) is 6.07 Å². The van der Waals surface area contributed by atoms with Crippen LogP contribution in [0.15, 0.2) is 24.5 Å². The Morgan fingerprint density at radius 3 is 2.64 bits per heavy atom. The predicted octanol–water partition coefficient (Wildman–Crippen LogP) is 1.34. The monoisotopic (exact) mass is 388 g/mol. The average Bonchev–Trinajstić information content (AvgIpc) is 2.71. The van der Waals surface area contributed by atoms with E-state index in [0.717, 1.165) is 44.7 Å². The largest absolute Gasteiger partial charge is 0.481 e. The number of rotatable bonds is 7. The highest BCUT2D eigenvalue weighted by Crippen LogP contribution is 2.27. The normalized spacial score (nSPS) is 24.2. The number of hydrogen-bond donors (Lipinski definition) is 1. The molecule has 0 saturated carbocycles. The number of aryl methyl sites for hydroxylation is 1. The maximum absolute atomic E-state index is 12.7. The van der Waals surface area contributed by atoms with E-state index in [9.17, 15) is 9.59 Å². The van der Waals surface area contributed by atoms with Crippen LogP contribution in [0.1, 0.15) is 31.2 Å². The molecule has 7 heteroatoms. The minimum atomic E-state index is -0.753. The van der Waals surface area contributed by atoms with Crippen molar-refractivity contribution in [3.63, 3.8) is 0 Å². The van der Waals surface area contributed by atoms with Crippen molar-refractivity contribution in [3.8, 4) is 0 Å². The molecule has 2 saturated heterocycles. The maximum atomic E-state index is 12.7. The van der Waals surface area contributed by atoms with Crippen LogP contribution in [0.5, 0.6) is 0 Å². The number of carbonyl (C=O) groups is 2. The van der Waals surface area contributed by atoms with E-state index in [1.165, 1.54) is 0 Å². The molecule has 0 bridgehead atoms. The summed E-state index contributed by atoms with van der Waals surface area (Å²) in [5.74, 6) is -0.353. The summed E-state index contributed by atoms with van der Waals surface area (Å²) in [6.45, 7) is 5.60. The zero-order chi connectivity index (χ0) is 19.9. The summed E-state index contributed by atoms with van der Waals surface area (Å²) in [6.07, 6.45) is 6.48. The van der Waals surface area contributed by atoms with Crippen LogP contribution in [0.3, 0.4) is 0 Å². The van der Waals surface area contributed by atoms with Gasteiger partial charge in [0, 0.05) is 70.5 Å². The summed E-state index contributed by atoms with van der Waals surface area (Å²) >= 11 is 0. The molecule has 154 valence electrons. The number of carboxylic acids is 1. The Hall–Kier alpha value is -1.99. The lowest BCUT2D eigenvalue weighted by Crippen LogP contribution is -2.57. The van der Waals surface area contributed by atoms with Crippen LogP contribution in [0, 0.1) is 5.92 Å². The topological polar surface area (TPSA) is 77.0 Å². The Morgan fingerprint density at radius 2 is 1.96 bits per heavy atom. The Kier molecular flexibility index (Phi) is 7.39. The van der Waals surface area contributed by atoms with Crippen LogP contribution >= 0.6 is 0 Å². The van der Waals surface area contributed by atoms with Gasteiger partial charge in [0.05, 0.1) is 0 Å². The number of carbonyl (C=O) groups excluding carboxylic acids is 1. The first-order valence-corrected chi connectivity index (χ1v) is 10.3. The molecule has 0 spiro atoms. The highest BCUT2D eigenvalue weighted by atomic mass is 16.4. The van der Waals surface area contributed by atoms with E-state index in [1.807, 2.05) is 23.2 Å². The summed E-state index contributed by atoms with van der Waals surface area (Å²) < 4.78 is 0. The summed E-state index contributed by atoms with van der Waals surface area (Å²) in [5, 5.41) is 9.15. The third kappa shape index (κ3) is 5.75. The maximum Gasteiger partial charge on any atom is 0.303 e. The molecule has 2 atom stereocenters. The first-order chi connectivity index (χ1) is 13.5. The third-order valence-corrected chi connectivity index (χ3v) is 6.13. The molecule has 0 aromatic carbocycles. The lowest BCUT2D eigenvalue weighted by Gasteiger charge is -2.46. The smallest absolute Gasteiger partial charge is 0.303 e. The molecular weight excluding hydrogens is 356 g/mol. The fraction of sp³-hybridized carbons (Fsp3) is 0.667. The number of pyridine rings is 1. The van der Waals surface area contributed by atoms with Gasteiger partial charge in [0.25, 0.3) is 0 Å².